The van der Waals surface area contributed by atoms with Crippen molar-refractivity contribution in [1.82, 2.24) is 4.90 Å². The quantitative estimate of drug-likeness (QED) is 0.798. The summed E-state index contributed by atoms with van der Waals surface area (Å²) in [5, 5.41) is 0. The molecule has 2 N–H and O–H groups in total. The molecule has 0 amide bonds. The lowest BCUT2D eigenvalue weighted by atomic mass is 9.74. The molecule has 2 atom stereocenters. The van der Waals surface area contributed by atoms with Crippen molar-refractivity contribution in [3.63, 3.8) is 0 Å². The molecule has 94 valence electrons. The molecule has 1 heterocycles. The van der Waals surface area contributed by atoms with Crippen LogP contribution in [0.15, 0.2) is 0 Å². The van der Waals surface area contributed by atoms with Crippen molar-refractivity contribution < 1.29 is 0 Å². The Bertz CT molecular complexity index is 213. The molecule has 0 radical (unpaired) electrons. The van der Waals surface area contributed by atoms with Crippen LogP contribution in [-0.2, 0) is 0 Å². The second-order valence-electron chi connectivity index (χ2n) is 5.91. The number of piperidine rings is 1. The molecule has 16 heavy (non-hydrogen) atoms. The van der Waals surface area contributed by atoms with E-state index in [4.69, 9.17) is 5.73 Å². The molecule has 2 nitrogen and oxygen atoms in total. The fourth-order valence-corrected chi connectivity index (χ4v) is 3.71. The number of hydrogen-bond acceptors (Lipinski definition) is 2. The van der Waals surface area contributed by atoms with Crippen LogP contribution in [0.3, 0.4) is 0 Å². The topological polar surface area (TPSA) is 29.3 Å². The summed E-state index contributed by atoms with van der Waals surface area (Å²) in [5.74, 6) is 0. The summed E-state index contributed by atoms with van der Waals surface area (Å²) in [7, 11) is 0. The van der Waals surface area contributed by atoms with Gasteiger partial charge >= 0.3 is 0 Å². The molecule has 0 aromatic rings. The second kappa shape index (κ2) is 5.05. The standard InChI is InChI=1S/C14H28N2/c1-3-14(4-2)8-10-16(11-9-14)13-7-5-6-12(13)15/h12-13H,3-11,15H2,1-2H3. The molecule has 0 spiro atoms. The van der Waals surface area contributed by atoms with Crippen LogP contribution >= 0.6 is 0 Å². The van der Waals surface area contributed by atoms with Crippen molar-refractivity contribution in [1.29, 1.82) is 0 Å². The van der Waals surface area contributed by atoms with Gasteiger partial charge in [-0.2, -0.15) is 0 Å². The molecule has 0 aromatic heterocycles. The molecule has 0 aromatic carbocycles. The number of nitrogens with zero attached hydrogens (tertiary/aromatic N) is 1. The summed E-state index contributed by atoms with van der Waals surface area (Å²) in [6.45, 7) is 7.31. The number of hydrogen-bond donors (Lipinski definition) is 1. The Morgan fingerprint density at radius 1 is 1.12 bits per heavy atom. The molecule has 1 aliphatic heterocycles. The van der Waals surface area contributed by atoms with E-state index in [1.54, 1.807) is 0 Å². The molecular weight excluding hydrogens is 196 g/mol. The monoisotopic (exact) mass is 224 g/mol. The largest absolute Gasteiger partial charge is 0.326 e. The van der Waals surface area contributed by atoms with Crippen molar-refractivity contribution in [2.24, 2.45) is 11.1 Å². The lowest BCUT2D eigenvalue weighted by Gasteiger charge is -2.44. The van der Waals surface area contributed by atoms with Gasteiger partial charge in [0.25, 0.3) is 0 Å². The van der Waals surface area contributed by atoms with Gasteiger partial charge in [0.2, 0.25) is 0 Å². The number of rotatable bonds is 3. The Kier molecular flexibility index (Phi) is 3.91. The summed E-state index contributed by atoms with van der Waals surface area (Å²) in [6, 6.07) is 1.16. The molecule has 1 saturated heterocycles. The SMILES string of the molecule is CCC1(CC)CCN(C2CCCC2N)CC1. The van der Waals surface area contributed by atoms with Gasteiger partial charge in [-0.3, -0.25) is 4.90 Å². The third-order valence-electron chi connectivity index (χ3n) is 5.36. The molecule has 2 rings (SSSR count). The van der Waals surface area contributed by atoms with E-state index in [1.165, 1.54) is 58.0 Å². The van der Waals surface area contributed by atoms with E-state index in [9.17, 15) is 0 Å². The molecule has 2 heteroatoms. The Balaban J connectivity index is 1.89. The summed E-state index contributed by atoms with van der Waals surface area (Å²) < 4.78 is 0. The molecule has 1 saturated carbocycles. The highest BCUT2D eigenvalue weighted by molar-refractivity contribution is 4.92. The Morgan fingerprint density at radius 3 is 2.19 bits per heavy atom. The third-order valence-corrected chi connectivity index (χ3v) is 5.36. The van der Waals surface area contributed by atoms with Gasteiger partial charge < -0.3 is 5.73 Å². The molecule has 2 aliphatic rings. The molecule has 2 fully saturated rings. The first-order valence-electron chi connectivity index (χ1n) is 7.20. The van der Waals surface area contributed by atoms with Crippen LogP contribution in [0.2, 0.25) is 0 Å². The van der Waals surface area contributed by atoms with Gasteiger partial charge in [-0.1, -0.05) is 33.1 Å². The van der Waals surface area contributed by atoms with Crippen LogP contribution in [0.25, 0.3) is 0 Å². The zero-order valence-corrected chi connectivity index (χ0v) is 11.0. The highest BCUT2D eigenvalue weighted by Crippen LogP contribution is 2.39. The maximum absolute atomic E-state index is 6.20. The highest BCUT2D eigenvalue weighted by atomic mass is 15.2. The van der Waals surface area contributed by atoms with Gasteiger partial charge in [-0.25, -0.2) is 0 Å². The first kappa shape index (κ1) is 12.4. The van der Waals surface area contributed by atoms with Gasteiger partial charge in [0, 0.05) is 12.1 Å². The minimum absolute atomic E-state index is 0.454. The van der Waals surface area contributed by atoms with Crippen LogP contribution in [0.5, 0.6) is 0 Å². The average molecular weight is 224 g/mol. The van der Waals surface area contributed by atoms with Gasteiger partial charge in [0.1, 0.15) is 0 Å². The average Bonchev–Trinajstić information content (AvgIpc) is 2.76. The van der Waals surface area contributed by atoms with Gasteiger partial charge in [-0.05, 0) is 44.2 Å². The first-order chi connectivity index (χ1) is 7.71. The maximum atomic E-state index is 6.20. The number of nitrogens with two attached hydrogens (primary N) is 1. The van der Waals surface area contributed by atoms with Crippen molar-refractivity contribution in [2.75, 3.05) is 13.1 Å². The first-order valence-corrected chi connectivity index (χ1v) is 7.20. The van der Waals surface area contributed by atoms with E-state index in [2.05, 4.69) is 18.7 Å². The predicted octanol–water partition coefficient (Wildman–Crippen LogP) is 2.77. The molecule has 2 unspecified atom stereocenters. The summed E-state index contributed by atoms with van der Waals surface area (Å²) in [4.78, 5) is 2.68. The van der Waals surface area contributed by atoms with Crippen LogP contribution in [-0.4, -0.2) is 30.1 Å². The molecular formula is C14H28N2. The second-order valence-corrected chi connectivity index (χ2v) is 5.91. The zero-order chi connectivity index (χ0) is 11.6. The van der Waals surface area contributed by atoms with E-state index < -0.39 is 0 Å². The van der Waals surface area contributed by atoms with Crippen molar-refractivity contribution in [2.45, 2.75) is 70.9 Å². The van der Waals surface area contributed by atoms with E-state index in [0.717, 1.165) is 0 Å². The fourth-order valence-electron chi connectivity index (χ4n) is 3.71. The minimum Gasteiger partial charge on any atom is -0.326 e. The number of likely N-dealkylation sites (tertiary alicyclic amines) is 1. The molecule has 1 aliphatic carbocycles. The smallest absolute Gasteiger partial charge is 0.0247 e. The lowest BCUT2D eigenvalue weighted by molar-refractivity contribution is 0.0632. The molecule has 0 bridgehead atoms. The summed E-state index contributed by atoms with van der Waals surface area (Å²) >= 11 is 0. The fraction of sp³-hybridized carbons (Fsp3) is 1.00. The Labute approximate surface area is 101 Å². The van der Waals surface area contributed by atoms with Gasteiger partial charge in [0.05, 0.1) is 0 Å². The van der Waals surface area contributed by atoms with Crippen molar-refractivity contribution in [3.8, 4) is 0 Å². The van der Waals surface area contributed by atoms with E-state index in [-0.39, 0.29) is 0 Å². The van der Waals surface area contributed by atoms with E-state index in [1.807, 2.05) is 0 Å². The van der Waals surface area contributed by atoms with Crippen molar-refractivity contribution >= 4 is 0 Å². The Morgan fingerprint density at radius 2 is 1.75 bits per heavy atom. The van der Waals surface area contributed by atoms with Crippen LogP contribution in [0, 0.1) is 5.41 Å². The van der Waals surface area contributed by atoms with Gasteiger partial charge in [0.15, 0.2) is 0 Å². The van der Waals surface area contributed by atoms with Gasteiger partial charge in [-0.15, -0.1) is 0 Å². The van der Waals surface area contributed by atoms with Crippen molar-refractivity contribution in [3.05, 3.63) is 0 Å². The maximum Gasteiger partial charge on any atom is 0.0247 e. The van der Waals surface area contributed by atoms with Crippen LogP contribution < -0.4 is 5.73 Å². The third kappa shape index (κ3) is 2.28. The summed E-state index contributed by atoms with van der Waals surface area (Å²) in [6.07, 6.45) is 9.42. The normalized spacial score (nSPS) is 35.4. The summed E-state index contributed by atoms with van der Waals surface area (Å²) in [5.41, 5.74) is 6.85. The lowest BCUT2D eigenvalue weighted by Crippen LogP contribution is -2.49. The van der Waals surface area contributed by atoms with Crippen LogP contribution in [0.1, 0.15) is 58.8 Å². The zero-order valence-electron chi connectivity index (χ0n) is 11.0. The highest BCUT2D eigenvalue weighted by Gasteiger charge is 2.36. The minimum atomic E-state index is 0.454. The van der Waals surface area contributed by atoms with Crippen LogP contribution in [0.4, 0.5) is 0 Å². The predicted molar refractivity (Wildman–Crippen MR) is 69.4 cm³/mol. The van der Waals surface area contributed by atoms with E-state index >= 15 is 0 Å². The Hall–Kier alpha value is -0.0800. The van der Waals surface area contributed by atoms with E-state index in [0.29, 0.717) is 17.5 Å².